The lowest BCUT2D eigenvalue weighted by Gasteiger charge is -2.16. The summed E-state index contributed by atoms with van der Waals surface area (Å²) >= 11 is 0. The summed E-state index contributed by atoms with van der Waals surface area (Å²) in [4.78, 5) is 27.3. The standard InChI is InChI=1S/C20H20N4O/c1-14-21-10-7-19(23-14)20(25)24-11-8-15(13-24)12-16-6-9-22-18-5-3-2-4-17(16)18/h2-7,9-10,15H,8,11-13H2,1H3/t15-/m1/s1. The van der Waals surface area contributed by atoms with Gasteiger partial charge in [0, 0.05) is 30.9 Å². The minimum atomic E-state index is 0.00702. The number of pyridine rings is 1. The van der Waals surface area contributed by atoms with Crippen molar-refractivity contribution >= 4 is 16.8 Å². The fourth-order valence-corrected chi connectivity index (χ4v) is 3.57. The molecule has 5 nitrogen and oxygen atoms in total. The zero-order chi connectivity index (χ0) is 17.2. The fourth-order valence-electron chi connectivity index (χ4n) is 3.57. The average Bonchev–Trinajstić information content (AvgIpc) is 3.10. The molecule has 4 rings (SSSR count). The number of aryl methyl sites for hydroxylation is 1. The highest BCUT2D eigenvalue weighted by molar-refractivity contribution is 5.92. The number of hydrogen-bond acceptors (Lipinski definition) is 4. The zero-order valence-electron chi connectivity index (χ0n) is 14.2. The zero-order valence-corrected chi connectivity index (χ0v) is 14.2. The first-order chi connectivity index (χ1) is 12.2. The van der Waals surface area contributed by atoms with Gasteiger partial charge in [-0.3, -0.25) is 9.78 Å². The molecule has 1 amide bonds. The van der Waals surface area contributed by atoms with Crippen LogP contribution in [0.2, 0.25) is 0 Å². The Kier molecular flexibility index (Phi) is 4.14. The van der Waals surface area contributed by atoms with Crippen LogP contribution in [-0.2, 0) is 6.42 Å². The van der Waals surface area contributed by atoms with Crippen LogP contribution in [-0.4, -0.2) is 38.8 Å². The van der Waals surface area contributed by atoms with E-state index in [1.807, 2.05) is 23.2 Å². The first kappa shape index (κ1) is 15.7. The molecule has 25 heavy (non-hydrogen) atoms. The van der Waals surface area contributed by atoms with E-state index in [2.05, 4.69) is 33.2 Å². The lowest BCUT2D eigenvalue weighted by atomic mass is 9.96. The smallest absolute Gasteiger partial charge is 0.272 e. The second-order valence-electron chi connectivity index (χ2n) is 6.59. The molecule has 3 heterocycles. The molecule has 1 aliphatic rings. The van der Waals surface area contributed by atoms with Crippen molar-refractivity contribution in [1.82, 2.24) is 19.9 Å². The van der Waals surface area contributed by atoms with Crippen LogP contribution < -0.4 is 0 Å². The maximum atomic E-state index is 12.6. The molecule has 1 aromatic carbocycles. The Bertz CT molecular complexity index is 919. The number of aromatic nitrogens is 3. The van der Waals surface area contributed by atoms with Gasteiger partial charge in [-0.1, -0.05) is 18.2 Å². The normalized spacial score (nSPS) is 17.2. The number of amides is 1. The molecular weight excluding hydrogens is 312 g/mol. The third-order valence-corrected chi connectivity index (χ3v) is 4.82. The monoisotopic (exact) mass is 332 g/mol. The number of likely N-dealkylation sites (tertiary alicyclic amines) is 1. The molecule has 1 fully saturated rings. The predicted octanol–water partition coefficient (Wildman–Crippen LogP) is 3.04. The topological polar surface area (TPSA) is 59.0 Å². The molecule has 0 N–H and O–H groups in total. The summed E-state index contributed by atoms with van der Waals surface area (Å²) in [5.74, 6) is 1.11. The van der Waals surface area contributed by atoms with Crippen molar-refractivity contribution in [3.05, 3.63) is 65.9 Å². The summed E-state index contributed by atoms with van der Waals surface area (Å²) in [6.45, 7) is 3.37. The summed E-state index contributed by atoms with van der Waals surface area (Å²) in [7, 11) is 0. The van der Waals surface area contributed by atoms with Crippen LogP contribution in [0.25, 0.3) is 10.9 Å². The number of benzene rings is 1. The number of fused-ring (bicyclic) bond motifs is 1. The molecule has 0 bridgehead atoms. The highest BCUT2D eigenvalue weighted by Crippen LogP contribution is 2.25. The SMILES string of the molecule is Cc1nccc(C(=O)N2CC[C@H](Cc3ccnc4ccccc34)C2)n1. The fraction of sp³-hybridized carbons (Fsp3) is 0.300. The highest BCUT2D eigenvalue weighted by atomic mass is 16.2. The summed E-state index contributed by atoms with van der Waals surface area (Å²) in [6, 6.07) is 12.0. The van der Waals surface area contributed by atoms with Crippen molar-refractivity contribution < 1.29 is 4.79 Å². The molecule has 0 saturated carbocycles. The summed E-state index contributed by atoms with van der Waals surface area (Å²) in [5, 5.41) is 1.21. The third kappa shape index (κ3) is 3.22. The van der Waals surface area contributed by atoms with Crippen molar-refractivity contribution in [3.63, 3.8) is 0 Å². The van der Waals surface area contributed by atoms with E-state index in [-0.39, 0.29) is 5.91 Å². The van der Waals surface area contributed by atoms with E-state index in [0.717, 1.165) is 31.4 Å². The number of para-hydroxylation sites is 1. The Morgan fingerprint density at radius 3 is 2.88 bits per heavy atom. The molecule has 0 unspecified atom stereocenters. The number of carbonyl (C=O) groups excluding carboxylic acids is 1. The second kappa shape index (κ2) is 6.59. The van der Waals surface area contributed by atoms with Crippen molar-refractivity contribution in [2.75, 3.05) is 13.1 Å². The van der Waals surface area contributed by atoms with Crippen molar-refractivity contribution in [2.24, 2.45) is 5.92 Å². The van der Waals surface area contributed by atoms with E-state index in [9.17, 15) is 4.79 Å². The van der Waals surface area contributed by atoms with Crippen molar-refractivity contribution in [3.8, 4) is 0 Å². The number of nitrogens with zero attached hydrogens (tertiary/aromatic N) is 4. The maximum Gasteiger partial charge on any atom is 0.272 e. The van der Waals surface area contributed by atoms with E-state index in [0.29, 0.717) is 17.4 Å². The molecule has 3 aromatic rings. The maximum absolute atomic E-state index is 12.6. The van der Waals surface area contributed by atoms with Gasteiger partial charge in [0.1, 0.15) is 11.5 Å². The first-order valence-corrected chi connectivity index (χ1v) is 8.62. The van der Waals surface area contributed by atoms with Crippen LogP contribution in [0.5, 0.6) is 0 Å². The van der Waals surface area contributed by atoms with Crippen LogP contribution in [0.1, 0.15) is 28.3 Å². The van der Waals surface area contributed by atoms with Gasteiger partial charge in [0.25, 0.3) is 5.91 Å². The van der Waals surface area contributed by atoms with Crippen LogP contribution in [0.15, 0.2) is 48.8 Å². The average molecular weight is 332 g/mol. The molecule has 126 valence electrons. The minimum absolute atomic E-state index is 0.00702. The van der Waals surface area contributed by atoms with E-state index >= 15 is 0 Å². The number of hydrogen-bond donors (Lipinski definition) is 0. The molecule has 1 saturated heterocycles. The first-order valence-electron chi connectivity index (χ1n) is 8.62. The van der Waals surface area contributed by atoms with Crippen molar-refractivity contribution in [2.45, 2.75) is 19.8 Å². The summed E-state index contributed by atoms with van der Waals surface area (Å²) < 4.78 is 0. The van der Waals surface area contributed by atoms with Gasteiger partial charge >= 0.3 is 0 Å². The molecule has 0 radical (unpaired) electrons. The van der Waals surface area contributed by atoms with Crippen LogP contribution in [0.3, 0.4) is 0 Å². The molecule has 5 heteroatoms. The quantitative estimate of drug-likeness (QED) is 0.740. The van der Waals surface area contributed by atoms with Gasteiger partial charge < -0.3 is 4.90 Å². The molecule has 1 aliphatic heterocycles. The van der Waals surface area contributed by atoms with E-state index in [1.54, 1.807) is 19.2 Å². The van der Waals surface area contributed by atoms with Crippen molar-refractivity contribution in [1.29, 1.82) is 0 Å². The minimum Gasteiger partial charge on any atom is -0.337 e. The molecule has 2 aromatic heterocycles. The van der Waals surface area contributed by atoms with Crippen LogP contribution in [0, 0.1) is 12.8 Å². The van der Waals surface area contributed by atoms with Gasteiger partial charge in [0.05, 0.1) is 5.52 Å². The second-order valence-corrected chi connectivity index (χ2v) is 6.59. The molecular formula is C20H20N4O. The summed E-state index contributed by atoms with van der Waals surface area (Å²) in [5.41, 5.74) is 2.83. The van der Waals surface area contributed by atoms with E-state index < -0.39 is 0 Å². The lowest BCUT2D eigenvalue weighted by Crippen LogP contribution is -2.29. The Morgan fingerprint density at radius 1 is 1.16 bits per heavy atom. The Hall–Kier alpha value is -2.82. The highest BCUT2D eigenvalue weighted by Gasteiger charge is 2.28. The van der Waals surface area contributed by atoms with E-state index in [4.69, 9.17) is 0 Å². The van der Waals surface area contributed by atoms with Gasteiger partial charge in [-0.2, -0.15) is 0 Å². The number of carbonyl (C=O) groups is 1. The van der Waals surface area contributed by atoms with Gasteiger partial charge in [0.2, 0.25) is 0 Å². The van der Waals surface area contributed by atoms with Crippen LogP contribution in [0.4, 0.5) is 0 Å². The Labute approximate surface area is 146 Å². The third-order valence-electron chi connectivity index (χ3n) is 4.82. The summed E-state index contributed by atoms with van der Waals surface area (Å²) in [6.07, 6.45) is 5.51. The van der Waals surface area contributed by atoms with E-state index in [1.165, 1.54) is 10.9 Å². The Balaban J connectivity index is 1.48. The lowest BCUT2D eigenvalue weighted by molar-refractivity contribution is 0.0781. The van der Waals surface area contributed by atoms with Gasteiger partial charge in [0.15, 0.2) is 0 Å². The predicted molar refractivity (Wildman–Crippen MR) is 96.2 cm³/mol. The van der Waals surface area contributed by atoms with Gasteiger partial charge in [-0.05, 0) is 49.4 Å². The molecule has 0 spiro atoms. The largest absolute Gasteiger partial charge is 0.337 e. The van der Waals surface area contributed by atoms with Crippen LogP contribution >= 0.6 is 0 Å². The molecule has 0 aliphatic carbocycles. The molecule has 1 atom stereocenters. The van der Waals surface area contributed by atoms with Gasteiger partial charge in [-0.15, -0.1) is 0 Å². The number of rotatable bonds is 3. The Morgan fingerprint density at radius 2 is 2.00 bits per heavy atom. The van der Waals surface area contributed by atoms with Gasteiger partial charge in [-0.25, -0.2) is 9.97 Å².